The average molecular weight is 553 g/mol. The second-order valence-corrected chi connectivity index (χ2v) is 6.83. The highest BCUT2D eigenvalue weighted by Gasteiger charge is 2.34. The molecule has 4 nitrogen and oxygen atoms in total. The van der Waals surface area contributed by atoms with Crippen molar-refractivity contribution in [3.63, 3.8) is 0 Å². The lowest BCUT2D eigenvalue weighted by Gasteiger charge is -2.19. The Labute approximate surface area is 176 Å². The van der Waals surface area contributed by atoms with Crippen molar-refractivity contribution in [2.75, 3.05) is 33.2 Å². The SMILES string of the molecule is CN=C(NCCc1ccc(F)c(Br)c1)NC1CCN(CC(F)(F)F)C1.I. The number of hydrogen-bond acceptors (Lipinski definition) is 2. The van der Waals surface area contributed by atoms with Crippen LogP contribution in [-0.2, 0) is 6.42 Å². The number of benzene rings is 1. The van der Waals surface area contributed by atoms with E-state index in [1.54, 1.807) is 19.2 Å². The molecule has 0 amide bonds. The Balaban J connectivity index is 0.00000338. The van der Waals surface area contributed by atoms with Gasteiger partial charge in [-0.15, -0.1) is 24.0 Å². The molecular weight excluding hydrogens is 531 g/mol. The van der Waals surface area contributed by atoms with Crippen molar-refractivity contribution in [3.05, 3.63) is 34.1 Å². The molecule has 26 heavy (non-hydrogen) atoms. The molecule has 1 heterocycles. The molecule has 1 aromatic carbocycles. The zero-order chi connectivity index (χ0) is 18.4. The lowest BCUT2D eigenvalue weighted by Crippen LogP contribution is -2.45. The first-order chi connectivity index (χ1) is 11.8. The Morgan fingerprint density at radius 3 is 2.73 bits per heavy atom. The topological polar surface area (TPSA) is 39.7 Å². The van der Waals surface area contributed by atoms with Crippen molar-refractivity contribution in [1.29, 1.82) is 0 Å². The fourth-order valence-electron chi connectivity index (χ4n) is 2.76. The molecule has 1 unspecified atom stereocenters. The van der Waals surface area contributed by atoms with Gasteiger partial charge < -0.3 is 10.6 Å². The normalized spacial score (nSPS) is 18.5. The molecule has 1 fully saturated rings. The minimum absolute atomic E-state index is 0. The van der Waals surface area contributed by atoms with Crippen LogP contribution < -0.4 is 10.6 Å². The van der Waals surface area contributed by atoms with Crippen LogP contribution >= 0.6 is 39.9 Å². The van der Waals surface area contributed by atoms with Crippen molar-refractivity contribution in [2.24, 2.45) is 4.99 Å². The summed E-state index contributed by atoms with van der Waals surface area (Å²) in [6.07, 6.45) is -2.86. The van der Waals surface area contributed by atoms with E-state index in [1.165, 1.54) is 11.0 Å². The van der Waals surface area contributed by atoms with Crippen LogP contribution in [0.4, 0.5) is 17.6 Å². The number of nitrogens with one attached hydrogen (secondary N) is 2. The monoisotopic (exact) mass is 552 g/mol. The van der Waals surface area contributed by atoms with Crippen molar-refractivity contribution in [2.45, 2.75) is 25.1 Å². The number of likely N-dealkylation sites (tertiary alicyclic amines) is 1. The van der Waals surface area contributed by atoms with Crippen LogP contribution in [0.15, 0.2) is 27.7 Å². The minimum atomic E-state index is -4.17. The third kappa shape index (κ3) is 7.95. The molecule has 0 spiro atoms. The van der Waals surface area contributed by atoms with Crippen LogP contribution in [0, 0.1) is 5.82 Å². The quantitative estimate of drug-likeness (QED) is 0.254. The molecule has 1 saturated heterocycles. The number of hydrogen-bond donors (Lipinski definition) is 2. The summed E-state index contributed by atoms with van der Waals surface area (Å²) in [6, 6.07) is 4.78. The summed E-state index contributed by atoms with van der Waals surface area (Å²) in [5.41, 5.74) is 0.966. The van der Waals surface area contributed by atoms with Gasteiger partial charge in [0.05, 0.1) is 11.0 Å². The van der Waals surface area contributed by atoms with E-state index < -0.39 is 12.7 Å². The van der Waals surface area contributed by atoms with Crippen molar-refractivity contribution < 1.29 is 17.6 Å². The average Bonchev–Trinajstić information content (AvgIpc) is 2.94. The van der Waals surface area contributed by atoms with E-state index in [1.807, 2.05) is 0 Å². The maximum absolute atomic E-state index is 13.2. The highest BCUT2D eigenvalue weighted by molar-refractivity contribution is 14.0. The number of nitrogens with zero attached hydrogens (tertiary/aromatic N) is 2. The summed E-state index contributed by atoms with van der Waals surface area (Å²) < 4.78 is 50.9. The van der Waals surface area contributed by atoms with Gasteiger partial charge in [-0.1, -0.05) is 6.07 Å². The molecule has 1 aromatic rings. The van der Waals surface area contributed by atoms with Crippen LogP contribution in [0.1, 0.15) is 12.0 Å². The second kappa shape index (κ2) is 10.6. The van der Waals surface area contributed by atoms with Crippen LogP contribution in [0.3, 0.4) is 0 Å². The van der Waals surface area contributed by atoms with Crippen molar-refractivity contribution in [3.8, 4) is 0 Å². The van der Waals surface area contributed by atoms with E-state index in [0.717, 1.165) is 5.56 Å². The smallest absolute Gasteiger partial charge is 0.356 e. The van der Waals surface area contributed by atoms with Crippen LogP contribution in [-0.4, -0.2) is 56.3 Å². The molecule has 0 aliphatic carbocycles. The Morgan fingerprint density at radius 1 is 1.38 bits per heavy atom. The first-order valence-electron chi connectivity index (χ1n) is 7.97. The van der Waals surface area contributed by atoms with Crippen LogP contribution in [0.5, 0.6) is 0 Å². The van der Waals surface area contributed by atoms with Gasteiger partial charge in [-0.25, -0.2) is 4.39 Å². The second-order valence-electron chi connectivity index (χ2n) is 5.98. The number of rotatable bonds is 5. The standard InChI is InChI=1S/C16H21BrF4N4.HI/c1-22-15(23-6-4-11-2-3-14(18)13(17)8-11)24-12-5-7-25(9-12)10-16(19,20)21;/h2-3,8,12H,4-7,9-10H2,1H3,(H2,22,23,24);1H. The molecule has 2 N–H and O–H groups in total. The van der Waals surface area contributed by atoms with E-state index in [4.69, 9.17) is 0 Å². The Bertz CT molecular complexity index is 612. The predicted octanol–water partition coefficient (Wildman–Crippen LogP) is 3.55. The van der Waals surface area contributed by atoms with Gasteiger partial charge in [-0.05, 0) is 46.5 Å². The largest absolute Gasteiger partial charge is 0.401 e. The molecule has 2 rings (SSSR count). The first-order valence-corrected chi connectivity index (χ1v) is 8.76. The van der Waals surface area contributed by atoms with Gasteiger partial charge in [0.1, 0.15) is 5.82 Å². The van der Waals surface area contributed by atoms with E-state index in [0.29, 0.717) is 42.9 Å². The van der Waals surface area contributed by atoms with E-state index >= 15 is 0 Å². The highest BCUT2D eigenvalue weighted by Crippen LogP contribution is 2.20. The van der Waals surface area contributed by atoms with Crippen LogP contribution in [0.2, 0.25) is 0 Å². The molecular formula is C16H22BrF4IN4. The summed E-state index contributed by atoms with van der Waals surface area (Å²) >= 11 is 3.15. The number of guanidine groups is 1. The highest BCUT2D eigenvalue weighted by atomic mass is 127. The lowest BCUT2D eigenvalue weighted by atomic mass is 10.1. The Kier molecular flexibility index (Phi) is 9.59. The van der Waals surface area contributed by atoms with Crippen LogP contribution in [0.25, 0.3) is 0 Å². The van der Waals surface area contributed by atoms with E-state index in [-0.39, 0.29) is 35.8 Å². The maximum Gasteiger partial charge on any atom is 0.401 e. The fourth-order valence-corrected chi connectivity index (χ4v) is 3.18. The molecule has 1 atom stereocenters. The third-order valence-electron chi connectivity index (χ3n) is 3.93. The fraction of sp³-hybridized carbons (Fsp3) is 0.562. The van der Waals surface area contributed by atoms with E-state index in [2.05, 4.69) is 31.6 Å². The van der Waals surface area contributed by atoms with Gasteiger partial charge >= 0.3 is 6.18 Å². The summed E-state index contributed by atoms with van der Waals surface area (Å²) in [5.74, 6) is 0.249. The van der Waals surface area contributed by atoms with Gasteiger partial charge in [0.25, 0.3) is 0 Å². The Hall–Kier alpha value is -0.620. The summed E-state index contributed by atoms with van der Waals surface area (Å²) in [7, 11) is 1.62. The molecule has 0 saturated carbocycles. The molecule has 1 aliphatic heterocycles. The van der Waals surface area contributed by atoms with Gasteiger partial charge in [0.2, 0.25) is 0 Å². The summed E-state index contributed by atoms with van der Waals surface area (Å²) in [4.78, 5) is 5.49. The lowest BCUT2D eigenvalue weighted by molar-refractivity contribution is -0.143. The molecule has 10 heteroatoms. The molecule has 0 aromatic heterocycles. The zero-order valence-electron chi connectivity index (χ0n) is 14.2. The number of alkyl halides is 3. The van der Waals surface area contributed by atoms with Gasteiger partial charge in [0.15, 0.2) is 5.96 Å². The molecule has 148 valence electrons. The van der Waals surface area contributed by atoms with Gasteiger partial charge in [-0.2, -0.15) is 13.2 Å². The number of halogens is 6. The Morgan fingerprint density at radius 2 is 2.12 bits per heavy atom. The van der Waals surface area contributed by atoms with Crippen molar-refractivity contribution in [1.82, 2.24) is 15.5 Å². The zero-order valence-corrected chi connectivity index (χ0v) is 18.2. The molecule has 0 bridgehead atoms. The van der Waals surface area contributed by atoms with Crippen molar-refractivity contribution >= 4 is 45.9 Å². The maximum atomic E-state index is 13.2. The van der Waals surface area contributed by atoms with Gasteiger partial charge in [-0.3, -0.25) is 9.89 Å². The minimum Gasteiger partial charge on any atom is -0.356 e. The number of aliphatic imine (C=N–C) groups is 1. The summed E-state index contributed by atoms with van der Waals surface area (Å²) in [6.45, 7) is 0.455. The van der Waals surface area contributed by atoms with Gasteiger partial charge in [0, 0.05) is 32.7 Å². The first kappa shape index (κ1) is 23.4. The molecule has 1 aliphatic rings. The molecule has 0 radical (unpaired) electrons. The predicted molar refractivity (Wildman–Crippen MR) is 109 cm³/mol. The third-order valence-corrected chi connectivity index (χ3v) is 4.54. The van der Waals surface area contributed by atoms with E-state index in [9.17, 15) is 17.6 Å². The summed E-state index contributed by atoms with van der Waals surface area (Å²) in [5, 5.41) is 6.28.